The first-order valence-corrected chi connectivity index (χ1v) is 11.7. The van der Waals surface area contributed by atoms with Crippen LogP contribution >= 0.6 is 0 Å². The molecule has 2 aliphatic heterocycles. The van der Waals surface area contributed by atoms with Gasteiger partial charge in [0, 0.05) is 35.1 Å². The van der Waals surface area contributed by atoms with Crippen molar-refractivity contribution < 1.29 is 14.3 Å². The smallest absolute Gasteiger partial charge is 0.223 e. The van der Waals surface area contributed by atoms with E-state index in [-0.39, 0.29) is 17.6 Å². The second-order valence-corrected chi connectivity index (χ2v) is 9.03. The number of para-hydroxylation sites is 1. The van der Waals surface area contributed by atoms with Crippen molar-refractivity contribution in [2.45, 2.75) is 51.0 Å². The van der Waals surface area contributed by atoms with Crippen molar-refractivity contribution in [3.63, 3.8) is 0 Å². The number of nitrogens with one attached hydrogen (secondary N) is 1. The molecule has 2 aromatic carbocycles. The van der Waals surface area contributed by atoms with Gasteiger partial charge in [-0.2, -0.15) is 0 Å². The number of rotatable bonds is 6. The molecule has 0 unspecified atom stereocenters. The monoisotopic (exact) mass is 430 g/mol. The van der Waals surface area contributed by atoms with E-state index in [0.29, 0.717) is 24.9 Å². The lowest BCUT2D eigenvalue weighted by molar-refractivity contribution is -0.148. The molecule has 1 aromatic heterocycles. The number of fused-ring (bicyclic) bond motifs is 5. The van der Waals surface area contributed by atoms with E-state index < -0.39 is 5.54 Å². The molecule has 1 saturated heterocycles. The van der Waals surface area contributed by atoms with Gasteiger partial charge in [0.05, 0.1) is 18.6 Å². The number of unbranched alkanes of at least 4 members (excludes halogenated alkanes) is 1. The number of ether oxygens (including phenoxy) is 1. The molecule has 3 aromatic rings. The molecular formula is C27H30N2O3. The molecule has 5 nitrogen and oxygen atoms in total. The minimum Gasteiger partial charge on any atom is -0.497 e. The van der Waals surface area contributed by atoms with Crippen LogP contribution in [0.5, 0.6) is 5.75 Å². The summed E-state index contributed by atoms with van der Waals surface area (Å²) in [6.45, 7) is 2.84. The SMILES string of the molecule is CCCC[C@@]12c3[nH]c4ccccc4c3CCN1C(=O)CC[C@H]2C(=O)c1ccc(OC)cc1. The summed E-state index contributed by atoms with van der Waals surface area (Å²) in [5.41, 5.74) is 3.51. The van der Waals surface area contributed by atoms with Gasteiger partial charge in [-0.15, -0.1) is 0 Å². The molecule has 1 fully saturated rings. The number of hydrogen-bond donors (Lipinski definition) is 1. The number of benzene rings is 2. The van der Waals surface area contributed by atoms with Gasteiger partial charge < -0.3 is 14.6 Å². The molecule has 2 aliphatic rings. The number of piperidine rings is 1. The third kappa shape index (κ3) is 3.06. The van der Waals surface area contributed by atoms with Crippen molar-refractivity contribution in [3.8, 4) is 5.75 Å². The average molecular weight is 431 g/mol. The number of carbonyl (C=O) groups excluding carboxylic acids is 2. The van der Waals surface area contributed by atoms with E-state index >= 15 is 0 Å². The number of ketones is 1. The van der Waals surface area contributed by atoms with Crippen LogP contribution < -0.4 is 4.74 Å². The maximum atomic E-state index is 14.0. The summed E-state index contributed by atoms with van der Waals surface area (Å²) in [7, 11) is 1.63. The van der Waals surface area contributed by atoms with Crippen molar-refractivity contribution in [2.24, 2.45) is 5.92 Å². The van der Waals surface area contributed by atoms with Gasteiger partial charge in [-0.05, 0) is 55.2 Å². The first-order chi connectivity index (χ1) is 15.6. The minimum absolute atomic E-state index is 0.118. The molecule has 0 bridgehead atoms. The first-order valence-electron chi connectivity index (χ1n) is 11.7. The van der Waals surface area contributed by atoms with Crippen molar-refractivity contribution in [2.75, 3.05) is 13.7 Å². The van der Waals surface area contributed by atoms with E-state index in [9.17, 15) is 9.59 Å². The van der Waals surface area contributed by atoms with Crippen LogP contribution in [0, 0.1) is 5.92 Å². The molecule has 0 spiro atoms. The highest BCUT2D eigenvalue weighted by Crippen LogP contribution is 2.51. The standard InChI is InChI=1S/C27H30N2O3/c1-3-4-16-27-22(25(31)18-9-11-19(32-2)12-10-18)13-14-24(30)29(27)17-15-21-20-7-5-6-8-23(20)28-26(21)27/h5-12,22,28H,3-4,13-17H2,1-2H3/t22-,27+/m0/s1. The summed E-state index contributed by atoms with van der Waals surface area (Å²) in [5.74, 6) is 0.752. The molecule has 1 N–H and O–H groups in total. The molecular weight excluding hydrogens is 400 g/mol. The predicted molar refractivity (Wildman–Crippen MR) is 125 cm³/mol. The molecule has 0 radical (unpaired) electrons. The zero-order valence-corrected chi connectivity index (χ0v) is 18.8. The van der Waals surface area contributed by atoms with Crippen LogP contribution in [0.25, 0.3) is 10.9 Å². The van der Waals surface area contributed by atoms with E-state index in [2.05, 4.69) is 30.1 Å². The third-order valence-electron chi connectivity index (χ3n) is 7.44. The summed E-state index contributed by atoms with van der Waals surface area (Å²) in [4.78, 5) is 32.9. The van der Waals surface area contributed by atoms with E-state index in [4.69, 9.17) is 4.74 Å². The molecule has 0 aliphatic carbocycles. The zero-order valence-electron chi connectivity index (χ0n) is 18.8. The lowest BCUT2D eigenvalue weighted by Crippen LogP contribution is -2.62. The lowest BCUT2D eigenvalue weighted by atomic mass is 9.65. The van der Waals surface area contributed by atoms with Crippen LogP contribution in [0.15, 0.2) is 48.5 Å². The summed E-state index contributed by atoms with van der Waals surface area (Å²) < 4.78 is 5.28. The molecule has 5 heteroatoms. The van der Waals surface area contributed by atoms with Gasteiger partial charge in [-0.25, -0.2) is 0 Å². The molecule has 0 saturated carbocycles. The maximum absolute atomic E-state index is 14.0. The highest BCUT2D eigenvalue weighted by molar-refractivity contribution is 6.00. The largest absolute Gasteiger partial charge is 0.497 e. The second-order valence-electron chi connectivity index (χ2n) is 9.03. The maximum Gasteiger partial charge on any atom is 0.223 e. The normalized spacial score (nSPS) is 22.5. The number of Topliss-reactive ketones (excluding diaryl/α,β-unsaturated/α-hetero) is 1. The van der Waals surface area contributed by atoms with E-state index in [0.717, 1.165) is 42.6 Å². The Morgan fingerprint density at radius 3 is 2.69 bits per heavy atom. The highest BCUT2D eigenvalue weighted by atomic mass is 16.5. The van der Waals surface area contributed by atoms with Crippen LogP contribution in [0.1, 0.15) is 60.6 Å². The fourth-order valence-corrected chi connectivity index (χ4v) is 5.92. The van der Waals surface area contributed by atoms with Crippen molar-refractivity contribution in [3.05, 3.63) is 65.4 Å². The van der Waals surface area contributed by atoms with Gasteiger partial charge in [-0.1, -0.05) is 38.0 Å². The van der Waals surface area contributed by atoms with Gasteiger partial charge >= 0.3 is 0 Å². The Bertz CT molecular complexity index is 1160. The van der Waals surface area contributed by atoms with E-state index in [1.165, 1.54) is 10.9 Å². The minimum atomic E-state index is -0.616. The predicted octanol–water partition coefficient (Wildman–Crippen LogP) is 5.24. The Labute approximate surface area is 188 Å². The number of H-pyrrole nitrogens is 1. The quantitative estimate of drug-likeness (QED) is 0.544. The van der Waals surface area contributed by atoms with Gasteiger partial charge in [0.25, 0.3) is 0 Å². The fraction of sp³-hybridized carbons (Fsp3) is 0.407. The number of amides is 1. The first kappa shape index (κ1) is 20.8. The lowest BCUT2D eigenvalue weighted by Gasteiger charge is -2.54. The Balaban J connectivity index is 1.69. The van der Waals surface area contributed by atoms with Gasteiger partial charge in [0.2, 0.25) is 5.91 Å². The molecule has 3 heterocycles. The Morgan fingerprint density at radius 1 is 1.16 bits per heavy atom. The van der Waals surface area contributed by atoms with Crippen molar-refractivity contribution in [1.29, 1.82) is 0 Å². The van der Waals surface area contributed by atoms with Crippen LogP contribution in [-0.4, -0.2) is 35.2 Å². The number of aromatic amines is 1. The van der Waals surface area contributed by atoms with Crippen molar-refractivity contribution >= 4 is 22.6 Å². The zero-order chi connectivity index (χ0) is 22.3. The van der Waals surface area contributed by atoms with E-state index in [1.807, 2.05) is 35.2 Å². The van der Waals surface area contributed by atoms with Crippen LogP contribution in [0.3, 0.4) is 0 Å². The van der Waals surface area contributed by atoms with E-state index in [1.54, 1.807) is 7.11 Å². The number of methoxy groups -OCH3 is 1. The topological polar surface area (TPSA) is 62.4 Å². The summed E-state index contributed by atoms with van der Waals surface area (Å²) in [6, 6.07) is 15.7. The van der Waals surface area contributed by atoms with Crippen LogP contribution in [0.2, 0.25) is 0 Å². The van der Waals surface area contributed by atoms with Crippen LogP contribution in [0.4, 0.5) is 0 Å². The van der Waals surface area contributed by atoms with Crippen LogP contribution in [-0.2, 0) is 16.8 Å². The molecule has 166 valence electrons. The summed E-state index contributed by atoms with van der Waals surface area (Å²) in [6.07, 6.45) is 4.60. The number of aromatic nitrogens is 1. The fourth-order valence-electron chi connectivity index (χ4n) is 5.92. The Hall–Kier alpha value is -3.08. The Kier molecular flexibility index (Phi) is 5.28. The molecule has 32 heavy (non-hydrogen) atoms. The number of carbonyl (C=O) groups is 2. The highest BCUT2D eigenvalue weighted by Gasteiger charge is 2.56. The number of nitrogens with zero attached hydrogens (tertiary/aromatic N) is 1. The van der Waals surface area contributed by atoms with Gasteiger partial charge in [-0.3, -0.25) is 9.59 Å². The average Bonchev–Trinajstić information content (AvgIpc) is 3.22. The van der Waals surface area contributed by atoms with Gasteiger partial charge in [0.15, 0.2) is 5.78 Å². The Morgan fingerprint density at radius 2 is 1.94 bits per heavy atom. The summed E-state index contributed by atoms with van der Waals surface area (Å²) >= 11 is 0. The van der Waals surface area contributed by atoms with Crippen molar-refractivity contribution in [1.82, 2.24) is 9.88 Å². The summed E-state index contributed by atoms with van der Waals surface area (Å²) in [5, 5.41) is 1.21. The second kappa shape index (κ2) is 8.12. The molecule has 5 rings (SSSR count). The van der Waals surface area contributed by atoms with Gasteiger partial charge in [0.1, 0.15) is 5.75 Å². The molecule has 2 atom stereocenters. The molecule has 1 amide bonds. The third-order valence-corrected chi connectivity index (χ3v) is 7.44. The number of hydrogen-bond acceptors (Lipinski definition) is 3.